The molecule has 142 valence electrons. The first-order valence-electron chi connectivity index (χ1n) is 9.31. The number of nitrogens with zero attached hydrogens (tertiary/aromatic N) is 7. The highest BCUT2D eigenvalue weighted by atomic mass is 16.2. The van der Waals surface area contributed by atoms with Crippen LogP contribution in [0.5, 0.6) is 0 Å². The molecule has 27 heavy (non-hydrogen) atoms. The van der Waals surface area contributed by atoms with Gasteiger partial charge in [0.05, 0.1) is 17.5 Å². The summed E-state index contributed by atoms with van der Waals surface area (Å²) in [7, 11) is 0. The first kappa shape index (κ1) is 17.6. The third-order valence-corrected chi connectivity index (χ3v) is 5.09. The van der Waals surface area contributed by atoms with Crippen LogP contribution in [-0.2, 0) is 6.54 Å². The minimum absolute atomic E-state index is 0.0405. The van der Waals surface area contributed by atoms with Crippen molar-refractivity contribution in [3.05, 3.63) is 42.2 Å². The minimum atomic E-state index is -0.183. The SMILES string of the molecule is O=C(c1cnn(C(=O)N2CCN(Cc3ccncn3)CC2)c1)N1CCCC1. The highest BCUT2D eigenvalue weighted by Crippen LogP contribution is 2.13. The van der Waals surface area contributed by atoms with E-state index in [-0.39, 0.29) is 11.9 Å². The predicted octanol–water partition coefficient (Wildman–Crippen LogP) is 0.695. The van der Waals surface area contributed by atoms with Gasteiger partial charge in [0.2, 0.25) is 0 Å². The molecule has 4 rings (SSSR count). The Morgan fingerprint density at radius 1 is 1.00 bits per heavy atom. The summed E-state index contributed by atoms with van der Waals surface area (Å²) in [6.45, 7) is 5.12. The van der Waals surface area contributed by atoms with Gasteiger partial charge in [-0.25, -0.2) is 14.8 Å². The molecule has 0 radical (unpaired) electrons. The number of amides is 2. The number of hydrogen-bond donors (Lipinski definition) is 0. The van der Waals surface area contributed by atoms with Crippen LogP contribution in [0.25, 0.3) is 0 Å². The number of aromatic nitrogens is 4. The number of hydrogen-bond acceptors (Lipinski definition) is 6. The Morgan fingerprint density at radius 3 is 2.48 bits per heavy atom. The Labute approximate surface area is 157 Å². The Bertz CT molecular complexity index is 793. The monoisotopic (exact) mass is 369 g/mol. The van der Waals surface area contributed by atoms with E-state index in [0.29, 0.717) is 18.7 Å². The van der Waals surface area contributed by atoms with E-state index in [2.05, 4.69) is 20.0 Å². The second kappa shape index (κ2) is 7.83. The fraction of sp³-hybridized carbons (Fsp3) is 0.500. The number of piperazine rings is 1. The molecule has 2 aliphatic heterocycles. The number of likely N-dealkylation sites (tertiary alicyclic amines) is 1. The van der Waals surface area contributed by atoms with Crippen LogP contribution in [0.4, 0.5) is 4.79 Å². The molecule has 2 aromatic heterocycles. The van der Waals surface area contributed by atoms with Gasteiger partial charge in [0.25, 0.3) is 5.91 Å². The Kier molecular flexibility index (Phi) is 5.10. The van der Waals surface area contributed by atoms with Crippen molar-refractivity contribution in [2.75, 3.05) is 39.3 Å². The van der Waals surface area contributed by atoms with Gasteiger partial charge < -0.3 is 9.80 Å². The third-order valence-electron chi connectivity index (χ3n) is 5.09. The molecule has 9 heteroatoms. The average molecular weight is 369 g/mol. The fourth-order valence-electron chi connectivity index (χ4n) is 3.52. The summed E-state index contributed by atoms with van der Waals surface area (Å²) in [6.07, 6.45) is 8.41. The zero-order chi connectivity index (χ0) is 18.6. The maximum Gasteiger partial charge on any atom is 0.344 e. The molecule has 2 saturated heterocycles. The molecule has 0 N–H and O–H groups in total. The van der Waals surface area contributed by atoms with Crippen LogP contribution >= 0.6 is 0 Å². The Hall–Kier alpha value is -2.81. The summed E-state index contributed by atoms with van der Waals surface area (Å²) in [4.78, 5) is 39.1. The molecule has 9 nitrogen and oxygen atoms in total. The van der Waals surface area contributed by atoms with Crippen LogP contribution in [0.15, 0.2) is 31.0 Å². The van der Waals surface area contributed by atoms with Crippen LogP contribution in [0.2, 0.25) is 0 Å². The lowest BCUT2D eigenvalue weighted by molar-refractivity contribution is 0.0793. The Balaban J connectivity index is 1.32. The third kappa shape index (κ3) is 3.97. The van der Waals surface area contributed by atoms with Crippen LogP contribution in [-0.4, -0.2) is 85.7 Å². The van der Waals surface area contributed by atoms with Crippen molar-refractivity contribution >= 4 is 11.9 Å². The lowest BCUT2D eigenvalue weighted by Crippen LogP contribution is -2.49. The summed E-state index contributed by atoms with van der Waals surface area (Å²) in [6, 6.07) is 1.72. The van der Waals surface area contributed by atoms with Crippen molar-refractivity contribution in [3.8, 4) is 0 Å². The first-order chi connectivity index (χ1) is 13.2. The van der Waals surface area contributed by atoms with Crippen LogP contribution in [0, 0.1) is 0 Å². The van der Waals surface area contributed by atoms with Crippen molar-refractivity contribution in [1.82, 2.24) is 34.4 Å². The van der Waals surface area contributed by atoms with Gasteiger partial charge in [-0.2, -0.15) is 9.78 Å². The molecule has 2 amide bonds. The molecule has 0 unspecified atom stereocenters. The molecule has 0 bridgehead atoms. The van der Waals surface area contributed by atoms with Crippen molar-refractivity contribution in [2.45, 2.75) is 19.4 Å². The largest absolute Gasteiger partial charge is 0.344 e. The molecular weight excluding hydrogens is 346 g/mol. The van der Waals surface area contributed by atoms with Crippen LogP contribution in [0.3, 0.4) is 0 Å². The lowest BCUT2D eigenvalue weighted by Gasteiger charge is -2.34. The van der Waals surface area contributed by atoms with Crippen molar-refractivity contribution in [1.29, 1.82) is 0 Å². The molecule has 0 saturated carbocycles. The zero-order valence-electron chi connectivity index (χ0n) is 15.2. The van der Waals surface area contributed by atoms with E-state index in [4.69, 9.17) is 0 Å². The summed E-state index contributed by atoms with van der Waals surface area (Å²) >= 11 is 0. The van der Waals surface area contributed by atoms with Crippen molar-refractivity contribution in [2.24, 2.45) is 0 Å². The van der Waals surface area contributed by atoms with E-state index < -0.39 is 0 Å². The van der Waals surface area contributed by atoms with Crippen LogP contribution in [0.1, 0.15) is 28.9 Å². The first-order valence-corrected chi connectivity index (χ1v) is 9.31. The van der Waals surface area contributed by atoms with E-state index in [0.717, 1.165) is 51.3 Å². The molecule has 0 aromatic carbocycles. The molecule has 0 aliphatic carbocycles. The highest BCUT2D eigenvalue weighted by molar-refractivity contribution is 5.94. The number of rotatable bonds is 3. The Morgan fingerprint density at radius 2 is 1.78 bits per heavy atom. The quantitative estimate of drug-likeness (QED) is 0.791. The van der Waals surface area contributed by atoms with Gasteiger partial charge >= 0.3 is 6.03 Å². The summed E-state index contributed by atoms with van der Waals surface area (Å²) in [5, 5.41) is 4.12. The maximum atomic E-state index is 12.7. The fourth-order valence-corrected chi connectivity index (χ4v) is 3.52. The molecule has 2 aliphatic rings. The molecule has 2 fully saturated rings. The standard InChI is InChI=1S/C18H23N7O2/c26-17(23-5-1-2-6-23)15-11-21-25(12-15)18(27)24-9-7-22(8-10-24)13-16-3-4-19-14-20-16/h3-4,11-12,14H,1-2,5-10,13H2. The molecule has 0 atom stereocenters. The number of carbonyl (C=O) groups excluding carboxylic acids is 2. The molecule has 2 aromatic rings. The van der Waals surface area contributed by atoms with Gasteiger partial charge in [-0.05, 0) is 18.9 Å². The summed E-state index contributed by atoms with van der Waals surface area (Å²) < 4.78 is 1.28. The van der Waals surface area contributed by atoms with Gasteiger partial charge in [-0.3, -0.25) is 9.69 Å². The van der Waals surface area contributed by atoms with Gasteiger partial charge in [0, 0.05) is 58.2 Å². The van der Waals surface area contributed by atoms with Crippen LogP contribution < -0.4 is 0 Å². The minimum Gasteiger partial charge on any atom is -0.339 e. The van der Waals surface area contributed by atoms with Gasteiger partial charge in [-0.1, -0.05) is 0 Å². The van der Waals surface area contributed by atoms with E-state index in [1.54, 1.807) is 23.6 Å². The average Bonchev–Trinajstić information content (AvgIpc) is 3.41. The number of carbonyl (C=O) groups is 2. The molecule has 4 heterocycles. The summed E-state index contributed by atoms with van der Waals surface area (Å²) in [5.41, 5.74) is 1.45. The van der Waals surface area contributed by atoms with E-state index in [1.807, 2.05) is 11.0 Å². The molecular formula is C18H23N7O2. The normalized spacial score (nSPS) is 18.1. The van der Waals surface area contributed by atoms with Gasteiger partial charge in [0.1, 0.15) is 6.33 Å². The van der Waals surface area contributed by atoms with E-state index in [1.165, 1.54) is 10.9 Å². The zero-order valence-corrected chi connectivity index (χ0v) is 15.2. The van der Waals surface area contributed by atoms with Gasteiger partial charge in [0.15, 0.2) is 0 Å². The van der Waals surface area contributed by atoms with Gasteiger partial charge in [-0.15, -0.1) is 0 Å². The van der Waals surface area contributed by atoms with E-state index in [9.17, 15) is 9.59 Å². The van der Waals surface area contributed by atoms with Crippen molar-refractivity contribution < 1.29 is 9.59 Å². The summed E-state index contributed by atoms with van der Waals surface area (Å²) in [5.74, 6) is -0.0405. The van der Waals surface area contributed by atoms with Crippen molar-refractivity contribution in [3.63, 3.8) is 0 Å². The van der Waals surface area contributed by atoms with E-state index >= 15 is 0 Å². The highest BCUT2D eigenvalue weighted by Gasteiger charge is 2.25. The second-order valence-corrected chi connectivity index (χ2v) is 6.92. The predicted molar refractivity (Wildman–Crippen MR) is 97.0 cm³/mol. The second-order valence-electron chi connectivity index (χ2n) is 6.92. The lowest BCUT2D eigenvalue weighted by atomic mass is 10.3. The smallest absolute Gasteiger partial charge is 0.339 e. The maximum absolute atomic E-state index is 12.7. The topological polar surface area (TPSA) is 87.5 Å². The molecule has 0 spiro atoms.